The summed E-state index contributed by atoms with van der Waals surface area (Å²) in [5.74, 6) is -1.26. The van der Waals surface area contributed by atoms with Crippen molar-refractivity contribution < 1.29 is 17.9 Å². The van der Waals surface area contributed by atoms with E-state index in [1.165, 1.54) is 5.57 Å². The largest absolute Gasteiger partial charge is 0.346 e. The molecule has 1 saturated heterocycles. The second-order valence-electron chi connectivity index (χ2n) is 8.37. The lowest BCUT2D eigenvalue weighted by molar-refractivity contribution is -0.216. The van der Waals surface area contributed by atoms with Crippen LogP contribution in [0.1, 0.15) is 40.5 Å². The average molecular weight is 497 g/mol. The molecule has 0 unspecified atom stereocenters. The predicted octanol–water partition coefficient (Wildman–Crippen LogP) is 5.85. The van der Waals surface area contributed by atoms with E-state index in [1.807, 2.05) is 26.0 Å². The number of allylic oxidation sites excluding steroid dienone is 3. The van der Waals surface area contributed by atoms with Gasteiger partial charge in [0.2, 0.25) is 0 Å². The number of sulfone groups is 1. The van der Waals surface area contributed by atoms with Crippen LogP contribution in [0.3, 0.4) is 0 Å². The van der Waals surface area contributed by atoms with Crippen LogP contribution in [0.25, 0.3) is 0 Å². The van der Waals surface area contributed by atoms with Crippen LogP contribution in [0.5, 0.6) is 0 Å². The van der Waals surface area contributed by atoms with Gasteiger partial charge in [-0.1, -0.05) is 64.0 Å². The van der Waals surface area contributed by atoms with E-state index in [2.05, 4.69) is 42.4 Å². The van der Waals surface area contributed by atoms with E-state index in [0.29, 0.717) is 4.90 Å². The molecule has 0 bridgehead atoms. The third-order valence-corrected chi connectivity index (χ3v) is 7.81. The normalized spacial score (nSPS) is 23.3. The van der Waals surface area contributed by atoms with E-state index >= 15 is 0 Å². The number of alkyl halides is 1. The molecule has 166 valence electrons. The second kappa shape index (κ2) is 10.9. The van der Waals surface area contributed by atoms with Crippen LogP contribution in [0, 0.1) is 5.92 Å². The Balaban J connectivity index is 2.29. The number of ether oxygens (including phenoxy) is 2. The zero-order valence-corrected chi connectivity index (χ0v) is 20.8. The SMILES string of the molecule is C=C1COC(C)(C)O[C@H](/C=C(\C)CC/C=C(\C)CBr)[C@H]1CS(=O)(=O)c1ccccc1. The Morgan fingerprint density at radius 1 is 1.23 bits per heavy atom. The number of rotatable bonds is 8. The zero-order chi connectivity index (χ0) is 22.4. The average Bonchev–Trinajstić information content (AvgIpc) is 2.79. The highest BCUT2D eigenvalue weighted by molar-refractivity contribution is 9.09. The molecule has 1 heterocycles. The third-order valence-electron chi connectivity index (χ3n) is 5.14. The smallest absolute Gasteiger partial charge is 0.179 e. The number of benzene rings is 1. The van der Waals surface area contributed by atoms with Crippen molar-refractivity contribution in [3.8, 4) is 0 Å². The molecular formula is C24H33BrO4S. The van der Waals surface area contributed by atoms with Crippen LogP contribution < -0.4 is 0 Å². The Morgan fingerprint density at radius 3 is 2.53 bits per heavy atom. The highest BCUT2D eigenvalue weighted by atomic mass is 79.9. The van der Waals surface area contributed by atoms with Crippen molar-refractivity contribution >= 4 is 25.8 Å². The minimum absolute atomic E-state index is 0.0632. The van der Waals surface area contributed by atoms with Crippen molar-refractivity contribution in [3.63, 3.8) is 0 Å². The fourth-order valence-electron chi connectivity index (χ4n) is 3.34. The molecule has 2 atom stereocenters. The first-order valence-corrected chi connectivity index (χ1v) is 13.0. The second-order valence-corrected chi connectivity index (χ2v) is 11.0. The number of halogens is 1. The lowest BCUT2D eigenvalue weighted by Gasteiger charge is -2.29. The molecule has 1 aromatic rings. The summed E-state index contributed by atoms with van der Waals surface area (Å²) in [5, 5.41) is 0.867. The van der Waals surface area contributed by atoms with Gasteiger partial charge in [-0.05, 0) is 58.2 Å². The summed E-state index contributed by atoms with van der Waals surface area (Å²) in [5.41, 5.74) is 3.19. The minimum Gasteiger partial charge on any atom is -0.346 e. The summed E-state index contributed by atoms with van der Waals surface area (Å²) < 4.78 is 38.2. The van der Waals surface area contributed by atoms with E-state index in [4.69, 9.17) is 9.47 Å². The number of hydrogen-bond acceptors (Lipinski definition) is 4. The summed E-state index contributed by atoms with van der Waals surface area (Å²) in [4.78, 5) is 0.317. The van der Waals surface area contributed by atoms with Gasteiger partial charge in [-0.3, -0.25) is 0 Å². The molecule has 1 aliphatic heterocycles. The van der Waals surface area contributed by atoms with E-state index in [0.717, 1.165) is 29.3 Å². The first-order chi connectivity index (χ1) is 14.0. The molecule has 2 rings (SSSR count). The Kier molecular flexibility index (Phi) is 9.10. The summed E-state index contributed by atoms with van der Waals surface area (Å²) in [6.45, 7) is 12.3. The van der Waals surface area contributed by atoms with E-state index in [1.54, 1.807) is 24.3 Å². The molecule has 0 amide bonds. The Morgan fingerprint density at radius 2 is 1.90 bits per heavy atom. The van der Waals surface area contributed by atoms with Gasteiger partial charge in [0.1, 0.15) is 0 Å². The summed E-state index contributed by atoms with van der Waals surface area (Å²) in [7, 11) is -3.49. The van der Waals surface area contributed by atoms with Crippen molar-refractivity contribution in [3.05, 3.63) is 65.8 Å². The van der Waals surface area contributed by atoms with Gasteiger partial charge in [0.25, 0.3) is 0 Å². The lowest BCUT2D eigenvalue weighted by atomic mass is 9.94. The van der Waals surface area contributed by atoms with Crippen molar-refractivity contribution in [2.75, 3.05) is 17.7 Å². The molecule has 0 spiro atoms. The Labute approximate surface area is 190 Å². The first kappa shape index (κ1) is 25.1. The standard InChI is InChI=1S/C24H33BrO4S/c1-18(10-9-11-19(2)15-25)14-23-22(20(3)16-28-24(4,5)29-23)17-30(26,27)21-12-7-6-8-13-21/h6-8,11-14,22-23H,3,9-10,15-17H2,1-2,4-5H3/b18-14+,19-11+/t22-,23+/m0/s1. The topological polar surface area (TPSA) is 52.6 Å². The molecule has 0 radical (unpaired) electrons. The molecule has 30 heavy (non-hydrogen) atoms. The van der Waals surface area contributed by atoms with Gasteiger partial charge in [-0.25, -0.2) is 8.42 Å². The maximum absolute atomic E-state index is 13.1. The van der Waals surface area contributed by atoms with Crippen LogP contribution >= 0.6 is 15.9 Å². The van der Waals surface area contributed by atoms with Gasteiger partial charge in [0, 0.05) is 11.2 Å². The maximum atomic E-state index is 13.1. The summed E-state index contributed by atoms with van der Waals surface area (Å²) in [6.07, 6.45) is 5.65. The third kappa shape index (κ3) is 7.49. The fourth-order valence-corrected chi connectivity index (χ4v) is 5.23. The highest BCUT2D eigenvalue weighted by Gasteiger charge is 2.37. The Hall–Kier alpha value is -1.21. The van der Waals surface area contributed by atoms with Crippen molar-refractivity contribution in [2.24, 2.45) is 5.92 Å². The van der Waals surface area contributed by atoms with E-state index < -0.39 is 21.7 Å². The molecule has 0 saturated carbocycles. The van der Waals surface area contributed by atoms with Crippen LogP contribution in [0.2, 0.25) is 0 Å². The molecule has 0 aromatic heterocycles. The van der Waals surface area contributed by atoms with Crippen LogP contribution in [-0.4, -0.2) is 38.0 Å². The lowest BCUT2D eigenvalue weighted by Crippen LogP contribution is -2.35. The van der Waals surface area contributed by atoms with Crippen molar-refractivity contribution in [1.82, 2.24) is 0 Å². The van der Waals surface area contributed by atoms with E-state index in [9.17, 15) is 8.42 Å². The molecule has 6 heteroatoms. The van der Waals surface area contributed by atoms with Gasteiger partial charge < -0.3 is 9.47 Å². The van der Waals surface area contributed by atoms with Gasteiger partial charge in [0.15, 0.2) is 15.6 Å². The Bertz CT molecular complexity index is 885. The molecule has 0 aliphatic carbocycles. The minimum atomic E-state index is -3.49. The fraction of sp³-hybridized carbons (Fsp3) is 0.500. The zero-order valence-electron chi connectivity index (χ0n) is 18.4. The van der Waals surface area contributed by atoms with E-state index in [-0.39, 0.29) is 18.3 Å². The van der Waals surface area contributed by atoms with Gasteiger partial charge in [-0.2, -0.15) is 0 Å². The highest BCUT2D eigenvalue weighted by Crippen LogP contribution is 2.32. The van der Waals surface area contributed by atoms with Crippen LogP contribution in [0.4, 0.5) is 0 Å². The molecule has 1 aliphatic rings. The van der Waals surface area contributed by atoms with Crippen LogP contribution in [-0.2, 0) is 19.3 Å². The molecule has 1 aromatic carbocycles. The monoisotopic (exact) mass is 496 g/mol. The molecule has 1 fully saturated rings. The summed E-state index contributed by atoms with van der Waals surface area (Å²) >= 11 is 3.46. The van der Waals surface area contributed by atoms with Gasteiger partial charge in [0.05, 0.1) is 23.4 Å². The predicted molar refractivity (Wildman–Crippen MR) is 127 cm³/mol. The maximum Gasteiger partial charge on any atom is 0.179 e. The molecule has 4 nitrogen and oxygen atoms in total. The van der Waals surface area contributed by atoms with Gasteiger partial charge in [-0.15, -0.1) is 0 Å². The van der Waals surface area contributed by atoms with Crippen molar-refractivity contribution in [1.29, 1.82) is 0 Å². The van der Waals surface area contributed by atoms with Crippen LogP contribution in [0.15, 0.2) is 70.7 Å². The van der Waals surface area contributed by atoms with Crippen molar-refractivity contribution in [2.45, 2.75) is 57.3 Å². The molecule has 0 N–H and O–H groups in total. The first-order valence-electron chi connectivity index (χ1n) is 10.2. The number of hydrogen-bond donors (Lipinski definition) is 0. The quantitative estimate of drug-likeness (QED) is 0.334. The van der Waals surface area contributed by atoms with Gasteiger partial charge >= 0.3 is 0 Å². The summed E-state index contributed by atoms with van der Waals surface area (Å²) in [6, 6.07) is 8.54. The molecular weight excluding hydrogens is 464 g/mol.